The van der Waals surface area contributed by atoms with Gasteiger partial charge in [0.15, 0.2) is 0 Å². The van der Waals surface area contributed by atoms with E-state index in [4.69, 9.17) is 23.2 Å². The predicted molar refractivity (Wildman–Crippen MR) is 46.3 cm³/mol. The maximum Gasteiger partial charge on any atom is 2.00 e. The summed E-state index contributed by atoms with van der Waals surface area (Å²) < 4.78 is 0. The van der Waals surface area contributed by atoms with Crippen molar-refractivity contribution in [2.75, 3.05) is 0 Å². The summed E-state index contributed by atoms with van der Waals surface area (Å²) in [7, 11) is 0. The summed E-state index contributed by atoms with van der Waals surface area (Å²) in [6.07, 6.45) is 8.16. The first-order valence-corrected chi connectivity index (χ1v) is 4.24. The molecule has 0 aromatic rings. The van der Waals surface area contributed by atoms with Gasteiger partial charge in [0.05, 0.1) is 0 Å². The third kappa shape index (κ3) is 4.30. The van der Waals surface area contributed by atoms with Gasteiger partial charge in [-0.3, -0.25) is 0 Å². The second kappa shape index (κ2) is 6.23. The van der Waals surface area contributed by atoms with Crippen molar-refractivity contribution in [1.82, 2.24) is 0 Å². The maximum absolute atomic E-state index is 5.86. The van der Waals surface area contributed by atoms with Crippen LogP contribution in [-0.2, 0) is 19.5 Å². The molecule has 0 saturated heterocycles. The Morgan fingerprint density at radius 3 is 1.64 bits per heavy atom. The molecule has 0 aromatic heterocycles. The van der Waals surface area contributed by atoms with E-state index in [9.17, 15) is 0 Å². The monoisotopic (exact) mass is 278 g/mol. The topological polar surface area (TPSA) is 0 Å². The van der Waals surface area contributed by atoms with Crippen LogP contribution in [0.25, 0.3) is 0 Å². The van der Waals surface area contributed by atoms with Gasteiger partial charge in [-0.15, -0.1) is 0 Å². The molecule has 0 heterocycles. The quantitative estimate of drug-likeness (QED) is 0.467. The van der Waals surface area contributed by atoms with Gasteiger partial charge in [-0.2, -0.15) is 0 Å². The van der Waals surface area contributed by atoms with Crippen molar-refractivity contribution in [3.05, 3.63) is 22.2 Å². The molecule has 0 amide bonds. The van der Waals surface area contributed by atoms with E-state index >= 15 is 0 Å². The van der Waals surface area contributed by atoms with Gasteiger partial charge in [-0.05, 0) is 25.7 Å². The van der Waals surface area contributed by atoms with Crippen LogP contribution in [0.4, 0.5) is 0 Å². The van der Waals surface area contributed by atoms with E-state index in [1.807, 2.05) is 0 Å². The minimum Gasteiger partial charge on any atom is -0.0882 e. The second-order valence-electron chi connectivity index (χ2n) is 2.36. The molecule has 0 aliphatic heterocycles. The number of halogens is 2. The Kier molecular flexibility index (Phi) is 6.61. The largest absolute Gasteiger partial charge is 2.00 e. The molecule has 0 atom stereocenters. The smallest absolute Gasteiger partial charge is 0.0882 e. The molecule has 1 rings (SSSR count). The number of hydrogen-bond acceptors (Lipinski definition) is 0. The van der Waals surface area contributed by atoms with Crippen molar-refractivity contribution < 1.29 is 19.5 Å². The van der Waals surface area contributed by atoms with E-state index < -0.39 is 0 Å². The summed E-state index contributed by atoms with van der Waals surface area (Å²) in [4.78, 5) is 0. The van der Waals surface area contributed by atoms with Crippen LogP contribution in [0, 0.1) is 0 Å². The first-order valence-electron chi connectivity index (χ1n) is 3.48. The van der Waals surface area contributed by atoms with Crippen LogP contribution < -0.4 is 0 Å². The summed E-state index contributed by atoms with van der Waals surface area (Å²) in [5, 5.41) is 1.68. The first kappa shape index (κ1) is 11.7. The van der Waals surface area contributed by atoms with Crippen LogP contribution in [-0.4, -0.2) is 0 Å². The average Bonchev–Trinajstić information content (AvgIpc) is 1.92. The number of allylic oxidation sites excluding steroid dienone is 4. The normalized spacial score (nSPS) is 28.2. The van der Waals surface area contributed by atoms with E-state index in [0.29, 0.717) is 0 Å². The van der Waals surface area contributed by atoms with Gasteiger partial charge >= 0.3 is 19.5 Å². The van der Waals surface area contributed by atoms with Crippen molar-refractivity contribution in [1.29, 1.82) is 0 Å². The van der Waals surface area contributed by atoms with Gasteiger partial charge in [0, 0.05) is 10.1 Å². The van der Waals surface area contributed by atoms with Crippen LogP contribution in [0.3, 0.4) is 0 Å². The maximum atomic E-state index is 5.86. The van der Waals surface area contributed by atoms with Crippen molar-refractivity contribution in [3.8, 4) is 0 Å². The molecule has 62 valence electrons. The van der Waals surface area contributed by atoms with Gasteiger partial charge in [0.2, 0.25) is 0 Å². The van der Waals surface area contributed by atoms with Crippen molar-refractivity contribution in [2.45, 2.75) is 25.7 Å². The molecule has 1 aliphatic carbocycles. The molecule has 0 aromatic carbocycles. The molecule has 0 fully saturated rings. The van der Waals surface area contributed by atoms with Crippen LogP contribution in [0.5, 0.6) is 0 Å². The fourth-order valence-electron chi connectivity index (χ4n) is 0.927. The summed E-state index contributed by atoms with van der Waals surface area (Å²) in [6, 6.07) is 0. The molecule has 11 heavy (non-hydrogen) atoms. The summed E-state index contributed by atoms with van der Waals surface area (Å²) >= 11 is 11.7. The van der Waals surface area contributed by atoms with Gasteiger partial charge in [0.25, 0.3) is 0 Å². The number of rotatable bonds is 0. The van der Waals surface area contributed by atoms with Crippen molar-refractivity contribution >= 4 is 23.2 Å². The molecule has 0 bridgehead atoms. The summed E-state index contributed by atoms with van der Waals surface area (Å²) in [5.41, 5.74) is 0. The Balaban J connectivity index is 0.000001000. The van der Waals surface area contributed by atoms with Crippen LogP contribution >= 0.6 is 23.2 Å². The number of hydrogen-bond donors (Lipinski definition) is 0. The molecular formula is C8H10Cl2Ru+2. The zero-order chi connectivity index (χ0) is 7.40. The van der Waals surface area contributed by atoms with Gasteiger partial charge in [-0.25, -0.2) is 0 Å². The minimum atomic E-state index is 0. The Bertz CT molecular complexity index is 155. The summed E-state index contributed by atoms with van der Waals surface area (Å²) in [5.74, 6) is 0. The Morgan fingerprint density at radius 2 is 1.27 bits per heavy atom. The molecule has 0 nitrogen and oxygen atoms in total. The van der Waals surface area contributed by atoms with E-state index in [1.54, 1.807) is 0 Å². The molecule has 0 saturated carbocycles. The van der Waals surface area contributed by atoms with Crippen molar-refractivity contribution in [2.24, 2.45) is 0 Å². The molecular weight excluding hydrogens is 268 g/mol. The van der Waals surface area contributed by atoms with Crippen molar-refractivity contribution in [3.63, 3.8) is 0 Å². The fraction of sp³-hybridized carbons (Fsp3) is 0.500. The van der Waals surface area contributed by atoms with E-state index in [1.165, 1.54) is 0 Å². The van der Waals surface area contributed by atoms with Crippen LogP contribution in [0.15, 0.2) is 22.2 Å². The second-order valence-corrected chi connectivity index (χ2v) is 3.27. The molecule has 3 heteroatoms. The van der Waals surface area contributed by atoms with E-state index in [2.05, 4.69) is 12.2 Å². The zero-order valence-corrected chi connectivity index (χ0v) is 9.34. The Hall–Kier alpha value is 0.683. The van der Waals surface area contributed by atoms with Crippen LogP contribution in [0.2, 0.25) is 0 Å². The van der Waals surface area contributed by atoms with Gasteiger partial charge < -0.3 is 0 Å². The average molecular weight is 278 g/mol. The standard InChI is InChI=1S/C8H10Cl2.Ru/c9-7-5-3-1-2-4-6-8(7)10;/h1-2H,3-6H2;/q;+2/b2-1-,8-7-;. The summed E-state index contributed by atoms with van der Waals surface area (Å²) in [6.45, 7) is 0. The SMILES string of the molecule is Cl/C1=C(\Cl)CC/C=C\CC1.[Ru+2]. The Labute approximate surface area is 90.4 Å². The fourth-order valence-corrected chi connectivity index (χ4v) is 1.33. The zero-order valence-electron chi connectivity index (χ0n) is 6.09. The third-order valence-electron chi connectivity index (χ3n) is 1.52. The molecule has 0 spiro atoms. The predicted octanol–water partition coefficient (Wildman–Crippen LogP) is 3.80. The van der Waals surface area contributed by atoms with E-state index in [0.717, 1.165) is 35.7 Å². The Morgan fingerprint density at radius 1 is 0.909 bits per heavy atom. The van der Waals surface area contributed by atoms with Crippen LogP contribution in [0.1, 0.15) is 25.7 Å². The van der Waals surface area contributed by atoms with E-state index in [-0.39, 0.29) is 19.5 Å². The van der Waals surface area contributed by atoms with Gasteiger partial charge in [-0.1, -0.05) is 35.4 Å². The first-order chi connectivity index (χ1) is 4.80. The molecule has 0 N–H and O–H groups in total. The molecule has 1 aliphatic rings. The van der Waals surface area contributed by atoms with Gasteiger partial charge in [0.1, 0.15) is 0 Å². The third-order valence-corrected chi connectivity index (χ3v) is 2.45. The molecule has 0 unspecified atom stereocenters. The molecule has 0 radical (unpaired) electrons. The minimum absolute atomic E-state index is 0.